The second-order valence-electron chi connectivity index (χ2n) is 6.90. The molecule has 0 saturated carbocycles. The second kappa shape index (κ2) is 10.5. The number of carbonyl (C=O) groups excluding carboxylic acids is 1. The van der Waals surface area contributed by atoms with Crippen LogP contribution in [0.15, 0.2) is 29.6 Å². The highest BCUT2D eigenvalue weighted by atomic mass is 32.2. The lowest BCUT2D eigenvalue weighted by molar-refractivity contribution is 0.0943. The summed E-state index contributed by atoms with van der Waals surface area (Å²) in [6.07, 6.45) is 1.65. The molecule has 0 aliphatic heterocycles. The van der Waals surface area contributed by atoms with Gasteiger partial charge in [-0.05, 0) is 12.1 Å². The zero-order valence-electron chi connectivity index (χ0n) is 17.5. The van der Waals surface area contributed by atoms with Gasteiger partial charge >= 0.3 is 0 Å². The molecular weight excluding hydrogens is 426 g/mol. The average Bonchev–Trinajstić information content (AvgIpc) is 3.10. The summed E-state index contributed by atoms with van der Waals surface area (Å²) in [5.41, 5.74) is -0.000199. The summed E-state index contributed by atoms with van der Waals surface area (Å²) >= 11 is 1.52. The molecule has 166 valence electrons. The largest absolute Gasteiger partial charge is 0.383 e. The Morgan fingerprint density at radius 1 is 1.23 bits per heavy atom. The maximum atomic E-state index is 13.8. The zero-order chi connectivity index (χ0) is 22.4. The zero-order valence-corrected chi connectivity index (χ0v) is 18.3. The number of amides is 1. The highest BCUT2D eigenvalue weighted by molar-refractivity contribution is 7.99. The van der Waals surface area contributed by atoms with Gasteiger partial charge in [0.15, 0.2) is 10.8 Å². The molecule has 0 fully saturated rings. The quantitative estimate of drug-likeness (QED) is 0.278. The first kappa shape index (κ1) is 22.9. The van der Waals surface area contributed by atoms with Crippen LogP contribution in [0, 0.1) is 11.6 Å². The molecule has 0 bridgehead atoms. The van der Waals surface area contributed by atoms with E-state index in [4.69, 9.17) is 4.74 Å². The SMILES string of the molecule is COCCNc1nc(SC(C)C)nc2c1cnn2CCNC(=O)c1c(F)cccc1F. The molecule has 0 atom stereocenters. The van der Waals surface area contributed by atoms with Gasteiger partial charge in [-0.15, -0.1) is 0 Å². The number of benzene rings is 1. The molecule has 2 heterocycles. The van der Waals surface area contributed by atoms with Crippen LogP contribution in [0.3, 0.4) is 0 Å². The first-order chi connectivity index (χ1) is 14.9. The standard InChI is InChI=1S/C20H24F2N6O2S/c1-12(2)31-20-26-17(23-8-10-30-3)13-11-25-28(18(13)27-20)9-7-24-19(29)16-14(21)5-4-6-15(16)22/h4-6,11-12H,7-10H2,1-3H3,(H,24,29)(H,23,26,27). The smallest absolute Gasteiger partial charge is 0.257 e. The summed E-state index contributed by atoms with van der Waals surface area (Å²) in [5, 5.41) is 11.7. The Morgan fingerprint density at radius 3 is 2.65 bits per heavy atom. The molecule has 8 nitrogen and oxygen atoms in total. The van der Waals surface area contributed by atoms with Gasteiger partial charge in [0.1, 0.15) is 23.0 Å². The minimum Gasteiger partial charge on any atom is -0.383 e. The molecule has 1 aromatic carbocycles. The number of thioether (sulfide) groups is 1. The minimum absolute atomic E-state index is 0.118. The van der Waals surface area contributed by atoms with Gasteiger partial charge in [0.2, 0.25) is 0 Å². The number of halogens is 2. The topological polar surface area (TPSA) is 94.0 Å². The van der Waals surface area contributed by atoms with Crippen molar-refractivity contribution in [2.75, 3.05) is 32.1 Å². The Balaban J connectivity index is 1.77. The summed E-state index contributed by atoms with van der Waals surface area (Å²) in [5.74, 6) is -1.98. The molecule has 3 rings (SSSR count). The summed E-state index contributed by atoms with van der Waals surface area (Å²) in [4.78, 5) is 21.4. The van der Waals surface area contributed by atoms with Gasteiger partial charge in [-0.1, -0.05) is 31.7 Å². The van der Waals surface area contributed by atoms with E-state index in [1.807, 2.05) is 13.8 Å². The Hall–Kier alpha value is -2.79. The number of ether oxygens (including phenoxy) is 1. The van der Waals surface area contributed by atoms with Crippen LogP contribution in [0.1, 0.15) is 24.2 Å². The van der Waals surface area contributed by atoms with Crippen molar-refractivity contribution in [3.63, 3.8) is 0 Å². The van der Waals surface area contributed by atoms with Crippen molar-refractivity contribution < 1.29 is 18.3 Å². The van der Waals surface area contributed by atoms with Crippen molar-refractivity contribution in [2.24, 2.45) is 0 Å². The summed E-state index contributed by atoms with van der Waals surface area (Å²) in [7, 11) is 1.62. The van der Waals surface area contributed by atoms with Gasteiger partial charge in [-0.3, -0.25) is 4.79 Å². The fourth-order valence-electron chi connectivity index (χ4n) is 2.85. The molecule has 1 amide bonds. The van der Waals surface area contributed by atoms with E-state index in [9.17, 15) is 13.6 Å². The average molecular weight is 451 g/mol. The fourth-order valence-corrected chi connectivity index (χ4v) is 3.55. The van der Waals surface area contributed by atoms with Crippen LogP contribution in [0.25, 0.3) is 11.0 Å². The fraction of sp³-hybridized carbons (Fsp3) is 0.400. The number of fused-ring (bicyclic) bond motifs is 1. The molecule has 0 aliphatic rings. The van der Waals surface area contributed by atoms with Crippen LogP contribution >= 0.6 is 11.8 Å². The molecule has 0 spiro atoms. The summed E-state index contributed by atoms with van der Waals surface area (Å²) in [6.45, 7) is 5.57. The van der Waals surface area contributed by atoms with Crippen LogP contribution in [0.4, 0.5) is 14.6 Å². The molecule has 0 radical (unpaired) electrons. The normalized spacial score (nSPS) is 11.3. The number of hydrogen-bond donors (Lipinski definition) is 2. The number of aromatic nitrogens is 4. The van der Waals surface area contributed by atoms with Gasteiger partial charge in [0.05, 0.1) is 24.7 Å². The monoisotopic (exact) mass is 450 g/mol. The van der Waals surface area contributed by atoms with E-state index in [0.29, 0.717) is 29.8 Å². The number of hydrogen-bond acceptors (Lipinski definition) is 7. The Kier molecular flexibility index (Phi) is 7.75. The van der Waals surface area contributed by atoms with Crippen LogP contribution in [0.2, 0.25) is 0 Å². The number of anilines is 1. The lowest BCUT2D eigenvalue weighted by Crippen LogP contribution is -2.29. The van der Waals surface area contributed by atoms with Crippen LogP contribution in [-0.2, 0) is 11.3 Å². The highest BCUT2D eigenvalue weighted by Gasteiger charge is 2.17. The van der Waals surface area contributed by atoms with E-state index in [1.54, 1.807) is 18.0 Å². The third-order valence-corrected chi connectivity index (χ3v) is 5.08. The van der Waals surface area contributed by atoms with Crippen molar-refractivity contribution in [1.82, 2.24) is 25.1 Å². The molecule has 11 heteroatoms. The Labute approximate surface area is 182 Å². The molecule has 2 aromatic heterocycles. The number of nitrogens with zero attached hydrogens (tertiary/aromatic N) is 4. The maximum absolute atomic E-state index is 13.8. The molecule has 31 heavy (non-hydrogen) atoms. The third kappa shape index (κ3) is 5.67. The second-order valence-corrected chi connectivity index (χ2v) is 8.44. The van der Waals surface area contributed by atoms with Crippen LogP contribution < -0.4 is 10.6 Å². The maximum Gasteiger partial charge on any atom is 0.257 e. The molecule has 0 unspecified atom stereocenters. The van der Waals surface area contributed by atoms with Crippen LogP contribution in [-0.4, -0.2) is 57.7 Å². The predicted octanol–water partition coefficient (Wildman–Crippen LogP) is 3.09. The summed E-state index contributed by atoms with van der Waals surface area (Å²) < 4.78 is 34.3. The summed E-state index contributed by atoms with van der Waals surface area (Å²) in [6, 6.07) is 3.30. The Bertz CT molecular complexity index is 1040. The predicted molar refractivity (Wildman–Crippen MR) is 115 cm³/mol. The number of methoxy groups -OCH3 is 1. The van der Waals surface area contributed by atoms with Crippen LogP contribution in [0.5, 0.6) is 0 Å². The molecular formula is C20H24F2N6O2S. The lowest BCUT2D eigenvalue weighted by atomic mass is 10.2. The van der Waals surface area contributed by atoms with Crippen molar-refractivity contribution >= 4 is 34.5 Å². The molecule has 0 aliphatic carbocycles. The highest BCUT2D eigenvalue weighted by Crippen LogP contribution is 2.26. The van der Waals surface area contributed by atoms with E-state index in [0.717, 1.165) is 17.5 Å². The van der Waals surface area contributed by atoms with E-state index < -0.39 is 23.1 Å². The first-order valence-corrected chi connectivity index (χ1v) is 10.6. The Morgan fingerprint density at radius 2 is 1.97 bits per heavy atom. The first-order valence-electron chi connectivity index (χ1n) is 9.76. The van der Waals surface area contributed by atoms with E-state index in [1.165, 1.54) is 17.8 Å². The van der Waals surface area contributed by atoms with Gasteiger partial charge in [-0.2, -0.15) is 5.10 Å². The van der Waals surface area contributed by atoms with E-state index >= 15 is 0 Å². The van der Waals surface area contributed by atoms with Gasteiger partial charge < -0.3 is 15.4 Å². The van der Waals surface area contributed by atoms with Crippen molar-refractivity contribution in [2.45, 2.75) is 30.8 Å². The van der Waals surface area contributed by atoms with E-state index in [2.05, 4.69) is 25.7 Å². The molecule has 3 aromatic rings. The van der Waals surface area contributed by atoms with Crippen molar-refractivity contribution in [1.29, 1.82) is 0 Å². The van der Waals surface area contributed by atoms with Crippen molar-refractivity contribution in [3.05, 3.63) is 41.6 Å². The third-order valence-electron chi connectivity index (χ3n) is 4.21. The van der Waals surface area contributed by atoms with Crippen molar-refractivity contribution in [3.8, 4) is 0 Å². The van der Waals surface area contributed by atoms with Gasteiger partial charge in [0.25, 0.3) is 5.91 Å². The lowest BCUT2D eigenvalue weighted by Gasteiger charge is -2.11. The van der Waals surface area contributed by atoms with E-state index in [-0.39, 0.29) is 18.3 Å². The number of nitrogens with one attached hydrogen (secondary N) is 2. The molecule has 0 saturated heterocycles. The molecule has 2 N–H and O–H groups in total. The van der Waals surface area contributed by atoms with Gasteiger partial charge in [-0.25, -0.2) is 23.4 Å². The number of rotatable bonds is 10. The number of carbonyl (C=O) groups is 1. The van der Waals surface area contributed by atoms with Gasteiger partial charge in [0, 0.05) is 25.4 Å². The minimum atomic E-state index is -0.906.